The summed E-state index contributed by atoms with van der Waals surface area (Å²) in [5.41, 5.74) is 1.22. The van der Waals surface area contributed by atoms with Gasteiger partial charge in [-0.1, -0.05) is 43.3 Å². The number of ether oxygens (including phenoxy) is 1. The monoisotopic (exact) mass is 287 g/mol. The molecule has 0 radical (unpaired) electrons. The molecule has 0 bridgehead atoms. The Morgan fingerprint density at radius 3 is 2.55 bits per heavy atom. The van der Waals surface area contributed by atoms with Gasteiger partial charge in [0.15, 0.2) is 0 Å². The summed E-state index contributed by atoms with van der Waals surface area (Å²) < 4.78 is 5.90. The summed E-state index contributed by atoms with van der Waals surface area (Å²) in [6.07, 6.45) is 0. The molecule has 2 aromatic carbocycles. The minimum Gasteiger partial charge on any atom is -0.492 e. The topological polar surface area (TPSA) is 21.3 Å². The highest BCUT2D eigenvalue weighted by molar-refractivity contribution is 7.99. The van der Waals surface area contributed by atoms with E-state index in [1.165, 1.54) is 10.5 Å². The summed E-state index contributed by atoms with van der Waals surface area (Å²) in [6, 6.07) is 18.7. The van der Waals surface area contributed by atoms with Crippen molar-refractivity contribution in [2.24, 2.45) is 0 Å². The van der Waals surface area contributed by atoms with Gasteiger partial charge in [0, 0.05) is 22.8 Å². The fourth-order valence-electron chi connectivity index (χ4n) is 1.88. The first-order valence-corrected chi connectivity index (χ1v) is 7.98. The molecule has 0 saturated carbocycles. The minimum atomic E-state index is 0.725. The third-order valence-electron chi connectivity index (χ3n) is 2.89. The van der Waals surface area contributed by atoms with Crippen LogP contribution in [0, 0.1) is 0 Å². The largest absolute Gasteiger partial charge is 0.492 e. The van der Waals surface area contributed by atoms with E-state index in [0.717, 1.165) is 31.2 Å². The molecule has 2 aromatic rings. The molecule has 0 spiro atoms. The van der Waals surface area contributed by atoms with E-state index in [1.807, 2.05) is 30.0 Å². The number of thioether (sulfide) groups is 1. The van der Waals surface area contributed by atoms with E-state index in [4.69, 9.17) is 4.74 Å². The van der Waals surface area contributed by atoms with Crippen molar-refractivity contribution in [3.8, 4) is 5.75 Å². The van der Waals surface area contributed by atoms with E-state index in [-0.39, 0.29) is 0 Å². The van der Waals surface area contributed by atoms with Crippen LogP contribution in [0.2, 0.25) is 0 Å². The van der Waals surface area contributed by atoms with Gasteiger partial charge >= 0.3 is 0 Å². The molecule has 0 unspecified atom stereocenters. The maximum atomic E-state index is 5.90. The SMILES string of the molecule is CCNCc1ccccc1OCCSc1ccccc1. The number of nitrogens with one attached hydrogen (secondary N) is 1. The number of para-hydroxylation sites is 1. The van der Waals surface area contributed by atoms with Gasteiger partial charge in [0.1, 0.15) is 5.75 Å². The quantitative estimate of drug-likeness (QED) is 0.586. The first kappa shape index (κ1) is 14.9. The van der Waals surface area contributed by atoms with Crippen molar-refractivity contribution in [3.05, 3.63) is 60.2 Å². The Balaban J connectivity index is 1.79. The van der Waals surface area contributed by atoms with Crippen LogP contribution < -0.4 is 10.1 Å². The lowest BCUT2D eigenvalue weighted by atomic mass is 10.2. The van der Waals surface area contributed by atoms with Gasteiger partial charge in [-0.3, -0.25) is 0 Å². The van der Waals surface area contributed by atoms with Gasteiger partial charge < -0.3 is 10.1 Å². The van der Waals surface area contributed by atoms with Crippen LogP contribution >= 0.6 is 11.8 Å². The standard InChI is InChI=1S/C17H21NOS/c1-2-18-14-15-8-6-7-11-17(15)19-12-13-20-16-9-4-3-5-10-16/h3-11,18H,2,12-14H2,1H3. The molecule has 0 aliphatic carbocycles. The third kappa shape index (κ3) is 4.91. The van der Waals surface area contributed by atoms with E-state index < -0.39 is 0 Å². The smallest absolute Gasteiger partial charge is 0.123 e. The second kappa shape index (κ2) is 8.67. The first-order chi connectivity index (χ1) is 9.90. The average Bonchev–Trinajstić information content (AvgIpc) is 2.51. The van der Waals surface area contributed by atoms with Crippen molar-refractivity contribution in [2.45, 2.75) is 18.4 Å². The highest BCUT2D eigenvalue weighted by atomic mass is 32.2. The zero-order chi connectivity index (χ0) is 14.0. The van der Waals surface area contributed by atoms with Crippen LogP contribution in [0.25, 0.3) is 0 Å². The molecular weight excluding hydrogens is 266 g/mol. The van der Waals surface area contributed by atoms with Crippen molar-refractivity contribution < 1.29 is 4.74 Å². The van der Waals surface area contributed by atoms with E-state index in [1.54, 1.807) is 0 Å². The molecule has 0 atom stereocenters. The van der Waals surface area contributed by atoms with Crippen molar-refractivity contribution in [1.82, 2.24) is 5.32 Å². The molecule has 0 aromatic heterocycles. The summed E-state index contributed by atoms with van der Waals surface area (Å²) in [5.74, 6) is 1.95. The van der Waals surface area contributed by atoms with Crippen LogP contribution in [-0.4, -0.2) is 18.9 Å². The molecule has 2 nitrogen and oxygen atoms in total. The zero-order valence-corrected chi connectivity index (χ0v) is 12.7. The van der Waals surface area contributed by atoms with E-state index in [0.29, 0.717) is 0 Å². The highest BCUT2D eigenvalue weighted by Crippen LogP contribution is 2.20. The lowest BCUT2D eigenvalue weighted by Gasteiger charge is -2.11. The molecule has 1 N–H and O–H groups in total. The molecule has 0 amide bonds. The maximum Gasteiger partial charge on any atom is 0.123 e. The summed E-state index contributed by atoms with van der Waals surface area (Å²) in [7, 11) is 0. The third-order valence-corrected chi connectivity index (χ3v) is 3.87. The summed E-state index contributed by atoms with van der Waals surface area (Å²) >= 11 is 1.82. The Labute approximate surface area is 125 Å². The average molecular weight is 287 g/mol. The predicted molar refractivity (Wildman–Crippen MR) is 86.5 cm³/mol. The normalized spacial score (nSPS) is 10.4. The number of hydrogen-bond acceptors (Lipinski definition) is 3. The van der Waals surface area contributed by atoms with Gasteiger partial charge in [0.2, 0.25) is 0 Å². The molecule has 0 aliphatic heterocycles. The van der Waals surface area contributed by atoms with Crippen LogP contribution in [-0.2, 0) is 6.54 Å². The van der Waals surface area contributed by atoms with Gasteiger partial charge in [-0.25, -0.2) is 0 Å². The lowest BCUT2D eigenvalue weighted by Crippen LogP contribution is -2.13. The number of hydrogen-bond donors (Lipinski definition) is 1. The van der Waals surface area contributed by atoms with Gasteiger partial charge in [-0.15, -0.1) is 11.8 Å². The van der Waals surface area contributed by atoms with Crippen LogP contribution in [0.1, 0.15) is 12.5 Å². The fourth-order valence-corrected chi connectivity index (χ4v) is 2.63. The summed E-state index contributed by atoms with van der Waals surface area (Å²) in [6.45, 7) is 4.67. The van der Waals surface area contributed by atoms with Crippen LogP contribution in [0.5, 0.6) is 5.75 Å². The van der Waals surface area contributed by atoms with Gasteiger partial charge in [0.25, 0.3) is 0 Å². The molecule has 2 rings (SSSR count). The second-order valence-electron chi connectivity index (χ2n) is 4.40. The first-order valence-electron chi connectivity index (χ1n) is 6.99. The Bertz CT molecular complexity index is 501. The van der Waals surface area contributed by atoms with E-state index >= 15 is 0 Å². The number of benzene rings is 2. The van der Waals surface area contributed by atoms with Crippen molar-refractivity contribution in [3.63, 3.8) is 0 Å². The van der Waals surface area contributed by atoms with Gasteiger partial charge in [-0.2, -0.15) is 0 Å². The Hall–Kier alpha value is -1.45. The minimum absolute atomic E-state index is 0.725. The van der Waals surface area contributed by atoms with E-state index in [9.17, 15) is 0 Å². The molecule has 0 fully saturated rings. The maximum absolute atomic E-state index is 5.90. The Morgan fingerprint density at radius 2 is 1.75 bits per heavy atom. The molecular formula is C17H21NOS. The second-order valence-corrected chi connectivity index (χ2v) is 5.57. The predicted octanol–water partition coefficient (Wildman–Crippen LogP) is 3.97. The zero-order valence-electron chi connectivity index (χ0n) is 11.8. The van der Waals surface area contributed by atoms with Crippen molar-refractivity contribution in [1.29, 1.82) is 0 Å². The molecule has 106 valence electrons. The van der Waals surface area contributed by atoms with Crippen LogP contribution in [0.4, 0.5) is 0 Å². The molecule has 0 aliphatic rings. The van der Waals surface area contributed by atoms with Crippen molar-refractivity contribution >= 4 is 11.8 Å². The number of rotatable bonds is 8. The van der Waals surface area contributed by atoms with Crippen LogP contribution in [0.15, 0.2) is 59.5 Å². The lowest BCUT2D eigenvalue weighted by molar-refractivity contribution is 0.339. The molecule has 0 heterocycles. The Morgan fingerprint density at radius 1 is 1.00 bits per heavy atom. The van der Waals surface area contributed by atoms with Gasteiger partial charge in [-0.05, 0) is 24.7 Å². The Kier molecular flexibility index (Phi) is 6.48. The summed E-state index contributed by atoms with van der Waals surface area (Å²) in [5, 5.41) is 3.34. The van der Waals surface area contributed by atoms with Crippen molar-refractivity contribution in [2.75, 3.05) is 18.9 Å². The van der Waals surface area contributed by atoms with Crippen LogP contribution in [0.3, 0.4) is 0 Å². The highest BCUT2D eigenvalue weighted by Gasteiger charge is 2.02. The molecule has 0 saturated heterocycles. The van der Waals surface area contributed by atoms with E-state index in [2.05, 4.69) is 48.6 Å². The fraction of sp³-hybridized carbons (Fsp3) is 0.294. The molecule has 20 heavy (non-hydrogen) atoms. The molecule has 3 heteroatoms. The summed E-state index contributed by atoms with van der Waals surface area (Å²) in [4.78, 5) is 1.29. The van der Waals surface area contributed by atoms with Gasteiger partial charge in [0.05, 0.1) is 6.61 Å².